The van der Waals surface area contributed by atoms with Crippen LogP contribution in [-0.2, 0) is 37.1 Å². The minimum absolute atomic E-state index is 0. The van der Waals surface area contributed by atoms with Crippen LogP contribution >= 0.6 is 0 Å². The van der Waals surface area contributed by atoms with Gasteiger partial charge in [0, 0.05) is 0 Å². The fourth-order valence-electron chi connectivity index (χ4n) is 5.12. The number of fused-ring (bicyclic) bond motifs is 3. The molecule has 0 saturated heterocycles. The third-order valence-electron chi connectivity index (χ3n) is 7.13. The van der Waals surface area contributed by atoms with E-state index in [1.165, 1.54) is 69.5 Å². The number of hydrogen-bond donors (Lipinski definition) is 0. The molecule has 0 heterocycles. The molecule has 0 N–H and O–H groups in total. The Balaban J connectivity index is 0.000000284. The van der Waals surface area contributed by atoms with Crippen molar-refractivity contribution in [3.05, 3.63) is 150 Å². The van der Waals surface area contributed by atoms with Gasteiger partial charge >= 0.3 is 53.1 Å². The summed E-state index contributed by atoms with van der Waals surface area (Å²) in [5.74, 6) is 0. The summed E-state index contributed by atoms with van der Waals surface area (Å²) in [4.78, 5) is 0. The molecule has 0 unspecified atom stereocenters. The number of rotatable bonds is 4. The van der Waals surface area contributed by atoms with Gasteiger partial charge in [0.2, 0.25) is 0 Å². The van der Waals surface area contributed by atoms with Gasteiger partial charge in [-0.15, -0.1) is 46.2 Å². The van der Waals surface area contributed by atoms with Crippen LogP contribution in [-0.4, -0.2) is 3.21 Å². The standard InChI is InChI=1S/C27H21.C5H8.C5H5.2ClH.Zr/c1-3-7-20(8-4-1)15-22-11-13-24-19-25-14-12-23(18-27(25)26(24)17-22)16-21-9-5-2-6-10-21;2*1-2-4-5-3-1;;;/h1-14,17-19H,15-16H2;1-4H2;1-3H,4H2;2*1H;/q-1;;-1;;;+2/p-2. The van der Waals surface area contributed by atoms with E-state index in [0.29, 0.717) is 0 Å². The Morgan fingerprint density at radius 1 is 0.625 bits per heavy atom. The molecular weight excluding hydrogens is 607 g/mol. The van der Waals surface area contributed by atoms with Crippen LogP contribution in [0.2, 0.25) is 0 Å². The molecule has 0 aromatic heterocycles. The number of allylic oxidation sites excluding steroid dienone is 4. The van der Waals surface area contributed by atoms with Gasteiger partial charge in [0.05, 0.1) is 0 Å². The maximum Gasteiger partial charge on any atom is -0.00385 e. The van der Waals surface area contributed by atoms with E-state index in [1.54, 1.807) is 27.4 Å². The molecule has 1 fully saturated rings. The van der Waals surface area contributed by atoms with Crippen molar-refractivity contribution in [3.8, 4) is 0 Å². The second-order valence-electron chi connectivity index (χ2n) is 10.1. The van der Waals surface area contributed by atoms with Crippen LogP contribution in [0.1, 0.15) is 54.4 Å². The molecule has 7 rings (SSSR count). The van der Waals surface area contributed by atoms with Gasteiger partial charge in [-0.25, -0.2) is 12.2 Å². The van der Waals surface area contributed by atoms with Crippen LogP contribution in [0.3, 0.4) is 0 Å². The molecule has 0 bridgehead atoms. The molecule has 5 aromatic rings. The molecule has 0 spiro atoms. The van der Waals surface area contributed by atoms with Crippen molar-refractivity contribution in [1.29, 1.82) is 0 Å². The Morgan fingerprint density at radius 2 is 1.12 bits per heavy atom. The monoisotopic (exact) mass is 638 g/mol. The van der Waals surface area contributed by atoms with Crippen LogP contribution in [0.5, 0.6) is 0 Å². The summed E-state index contributed by atoms with van der Waals surface area (Å²) < 4.78 is 1.79. The Kier molecular flexibility index (Phi) is 13.4. The quantitative estimate of drug-likeness (QED) is 0.264. The SMILES string of the molecule is [C-]1=CC=CC1.[Cl-].[Cl-].[Zr+2]=[C]1CCCC1.c1ccc(Cc2ccc3[cH-]c4ccc(Cc5ccccc5)cc4c3c2)cc1. The molecule has 0 atom stereocenters. The summed E-state index contributed by atoms with van der Waals surface area (Å²) in [5, 5.41) is 5.40. The first-order chi connectivity index (χ1) is 18.7. The van der Waals surface area contributed by atoms with Gasteiger partial charge < -0.3 is 24.8 Å². The van der Waals surface area contributed by atoms with E-state index in [0.717, 1.165) is 19.3 Å². The largest absolute Gasteiger partial charge is 0.126 e. The summed E-state index contributed by atoms with van der Waals surface area (Å²) in [7, 11) is 0. The molecule has 0 nitrogen and oxygen atoms in total. The summed E-state index contributed by atoms with van der Waals surface area (Å²) in [6.45, 7) is 0. The van der Waals surface area contributed by atoms with Crippen LogP contribution in [0, 0.1) is 6.08 Å². The fraction of sp³-hybridized carbons (Fsp3) is 0.189. The molecule has 0 radical (unpaired) electrons. The van der Waals surface area contributed by atoms with Gasteiger partial charge in [0.1, 0.15) is 0 Å². The van der Waals surface area contributed by atoms with E-state index >= 15 is 0 Å². The molecule has 5 aromatic carbocycles. The van der Waals surface area contributed by atoms with E-state index in [1.807, 2.05) is 12.2 Å². The first-order valence-electron chi connectivity index (χ1n) is 13.7. The molecule has 0 aliphatic heterocycles. The Hall–Kier alpha value is -2.44. The Morgan fingerprint density at radius 3 is 1.48 bits per heavy atom. The maximum atomic E-state index is 2.99. The average Bonchev–Trinajstić information content (AvgIpc) is 3.74. The molecule has 40 heavy (non-hydrogen) atoms. The summed E-state index contributed by atoms with van der Waals surface area (Å²) in [6.07, 6.45) is 17.8. The summed E-state index contributed by atoms with van der Waals surface area (Å²) >= 11 is 1.68. The van der Waals surface area contributed by atoms with Crippen molar-refractivity contribution in [2.75, 3.05) is 0 Å². The summed E-state index contributed by atoms with van der Waals surface area (Å²) in [6, 6.07) is 37.5. The summed E-state index contributed by atoms with van der Waals surface area (Å²) in [5.41, 5.74) is 5.46. The van der Waals surface area contributed by atoms with Crippen molar-refractivity contribution in [1.82, 2.24) is 0 Å². The van der Waals surface area contributed by atoms with Crippen molar-refractivity contribution in [2.24, 2.45) is 0 Å². The zero-order valence-electron chi connectivity index (χ0n) is 22.8. The Bertz CT molecular complexity index is 1430. The van der Waals surface area contributed by atoms with Gasteiger partial charge in [0.15, 0.2) is 0 Å². The molecule has 3 heteroatoms. The van der Waals surface area contributed by atoms with Crippen LogP contribution in [0.4, 0.5) is 0 Å². The average molecular weight is 641 g/mol. The zero-order valence-corrected chi connectivity index (χ0v) is 26.7. The minimum atomic E-state index is 0. The number of hydrogen-bond acceptors (Lipinski definition) is 0. The van der Waals surface area contributed by atoms with Crippen LogP contribution in [0.15, 0.2) is 121 Å². The maximum absolute atomic E-state index is 2.99. The van der Waals surface area contributed by atoms with Crippen LogP contribution < -0.4 is 24.8 Å². The van der Waals surface area contributed by atoms with Gasteiger partial charge in [0.25, 0.3) is 0 Å². The molecule has 2 aliphatic rings. The van der Waals surface area contributed by atoms with E-state index < -0.39 is 0 Å². The van der Waals surface area contributed by atoms with Crippen molar-refractivity contribution < 1.29 is 49.0 Å². The topological polar surface area (TPSA) is 0 Å². The molecule has 0 amide bonds. The van der Waals surface area contributed by atoms with Crippen molar-refractivity contribution in [3.63, 3.8) is 0 Å². The molecule has 202 valence electrons. The van der Waals surface area contributed by atoms with Gasteiger partial charge in [-0.1, -0.05) is 96.1 Å². The third kappa shape index (κ3) is 9.31. The fourth-order valence-corrected chi connectivity index (χ4v) is 5.99. The van der Waals surface area contributed by atoms with Gasteiger partial charge in [-0.2, -0.15) is 6.08 Å². The molecule has 2 aliphatic carbocycles. The molecule has 1 saturated carbocycles. The Labute approximate surface area is 266 Å². The van der Waals surface area contributed by atoms with E-state index in [4.69, 9.17) is 0 Å². The number of benzene rings is 4. The van der Waals surface area contributed by atoms with E-state index in [-0.39, 0.29) is 24.8 Å². The second-order valence-corrected chi connectivity index (χ2v) is 11.9. The van der Waals surface area contributed by atoms with E-state index in [9.17, 15) is 0 Å². The first kappa shape index (κ1) is 32.1. The minimum Gasteiger partial charge on any atom is -0.126 e. The van der Waals surface area contributed by atoms with Gasteiger partial charge in [-0.05, 0) is 24.0 Å². The zero-order chi connectivity index (χ0) is 26.0. The normalized spacial score (nSPS) is 13.2. The third-order valence-corrected chi connectivity index (χ3v) is 8.36. The van der Waals surface area contributed by atoms with Gasteiger partial charge in [-0.3, -0.25) is 6.08 Å². The number of halogens is 2. The molecular formula is C37H34Cl2Zr-2. The first-order valence-corrected chi connectivity index (χ1v) is 14.9. The van der Waals surface area contributed by atoms with Crippen LogP contribution in [0.25, 0.3) is 21.5 Å². The smallest absolute Gasteiger partial charge is 0.00385 e. The predicted octanol–water partition coefficient (Wildman–Crippen LogP) is 3.49. The predicted molar refractivity (Wildman–Crippen MR) is 161 cm³/mol. The second kappa shape index (κ2) is 16.7. The van der Waals surface area contributed by atoms with Crippen molar-refractivity contribution >= 4 is 24.8 Å². The van der Waals surface area contributed by atoms with E-state index in [2.05, 4.69) is 115 Å². The van der Waals surface area contributed by atoms with Crippen molar-refractivity contribution in [2.45, 2.75) is 44.9 Å².